The fourth-order valence-corrected chi connectivity index (χ4v) is 0.762. The van der Waals surface area contributed by atoms with E-state index in [0.717, 1.165) is 0 Å². The standard InChI is InChI=1S/C7H11N5O2/c1-12(2)3-9-4-5(13)10-7(8)11-6(4)14/h3H,1-2H3,(H4,8,10,11,13,14). The van der Waals surface area contributed by atoms with Gasteiger partial charge in [-0.1, -0.05) is 0 Å². The van der Waals surface area contributed by atoms with Gasteiger partial charge in [0.15, 0.2) is 5.69 Å². The maximum atomic E-state index is 11.2. The number of nitrogens with zero attached hydrogens (tertiary/aromatic N) is 3. The molecule has 1 rings (SSSR count). The highest BCUT2D eigenvalue weighted by Gasteiger charge is 2.06. The van der Waals surface area contributed by atoms with Gasteiger partial charge in [-0.05, 0) is 0 Å². The molecule has 0 unspecified atom stereocenters. The summed E-state index contributed by atoms with van der Waals surface area (Å²) in [6, 6.07) is 0. The fraction of sp³-hybridized carbons (Fsp3) is 0.286. The summed E-state index contributed by atoms with van der Waals surface area (Å²) < 4.78 is 0. The van der Waals surface area contributed by atoms with E-state index in [4.69, 9.17) is 5.73 Å². The van der Waals surface area contributed by atoms with Crippen molar-refractivity contribution in [1.29, 1.82) is 0 Å². The number of hydrogen-bond donors (Lipinski definition) is 3. The van der Waals surface area contributed by atoms with E-state index in [9.17, 15) is 9.90 Å². The first-order valence-corrected chi connectivity index (χ1v) is 3.80. The van der Waals surface area contributed by atoms with E-state index in [-0.39, 0.29) is 11.6 Å². The monoisotopic (exact) mass is 197 g/mol. The van der Waals surface area contributed by atoms with E-state index in [1.807, 2.05) is 0 Å². The molecule has 7 nitrogen and oxygen atoms in total. The lowest BCUT2D eigenvalue weighted by atomic mass is 10.5. The molecule has 0 saturated carbocycles. The minimum Gasteiger partial charge on any atom is -0.492 e. The Hall–Kier alpha value is -2.05. The zero-order chi connectivity index (χ0) is 10.7. The van der Waals surface area contributed by atoms with Gasteiger partial charge in [0.2, 0.25) is 11.8 Å². The molecule has 0 aromatic carbocycles. The molecule has 0 aliphatic heterocycles. The van der Waals surface area contributed by atoms with Crippen molar-refractivity contribution in [3.63, 3.8) is 0 Å². The Morgan fingerprint density at radius 2 is 2.29 bits per heavy atom. The number of aromatic amines is 1. The first-order valence-electron chi connectivity index (χ1n) is 3.80. The fourth-order valence-electron chi connectivity index (χ4n) is 0.762. The Morgan fingerprint density at radius 1 is 1.64 bits per heavy atom. The molecule has 7 heteroatoms. The maximum Gasteiger partial charge on any atom is 0.282 e. The van der Waals surface area contributed by atoms with Crippen LogP contribution in [0, 0.1) is 0 Å². The summed E-state index contributed by atoms with van der Waals surface area (Å²) >= 11 is 0. The van der Waals surface area contributed by atoms with Crippen molar-refractivity contribution in [2.45, 2.75) is 0 Å². The lowest BCUT2D eigenvalue weighted by molar-refractivity contribution is 0.454. The van der Waals surface area contributed by atoms with Gasteiger partial charge in [-0.25, -0.2) is 4.99 Å². The number of nitrogen functional groups attached to an aromatic ring is 1. The summed E-state index contributed by atoms with van der Waals surface area (Å²) in [6.45, 7) is 0. The van der Waals surface area contributed by atoms with E-state index in [1.54, 1.807) is 19.0 Å². The Morgan fingerprint density at radius 3 is 2.79 bits per heavy atom. The summed E-state index contributed by atoms with van der Waals surface area (Å²) in [5.41, 5.74) is 4.46. The molecule has 0 aliphatic rings. The molecule has 1 aromatic rings. The number of aliphatic imine (C=N–C) groups is 1. The summed E-state index contributed by atoms with van der Waals surface area (Å²) in [6.07, 6.45) is 1.38. The van der Waals surface area contributed by atoms with Gasteiger partial charge in [-0.3, -0.25) is 9.78 Å². The van der Waals surface area contributed by atoms with Crippen molar-refractivity contribution in [3.8, 4) is 5.88 Å². The van der Waals surface area contributed by atoms with Gasteiger partial charge < -0.3 is 15.7 Å². The van der Waals surface area contributed by atoms with Gasteiger partial charge in [-0.2, -0.15) is 4.98 Å². The van der Waals surface area contributed by atoms with E-state index in [0.29, 0.717) is 0 Å². The summed E-state index contributed by atoms with van der Waals surface area (Å²) in [7, 11) is 3.47. The third-order valence-electron chi connectivity index (χ3n) is 1.31. The molecule has 0 bridgehead atoms. The number of nitrogens with two attached hydrogens (primary N) is 1. The third-order valence-corrected chi connectivity index (χ3v) is 1.31. The molecule has 0 radical (unpaired) electrons. The van der Waals surface area contributed by atoms with Crippen molar-refractivity contribution in [3.05, 3.63) is 10.4 Å². The zero-order valence-electron chi connectivity index (χ0n) is 7.85. The van der Waals surface area contributed by atoms with Gasteiger partial charge in [0.1, 0.15) is 0 Å². The molecule has 0 fully saturated rings. The van der Waals surface area contributed by atoms with Crippen molar-refractivity contribution in [2.24, 2.45) is 4.99 Å². The van der Waals surface area contributed by atoms with E-state index in [2.05, 4.69) is 15.0 Å². The number of hydrogen-bond acceptors (Lipinski definition) is 5. The normalized spacial score (nSPS) is 10.7. The lowest BCUT2D eigenvalue weighted by Gasteiger charge is -2.02. The maximum absolute atomic E-state index is 11.2. The molecule has 76 valence electrons. The molecular weight excluding hydrogens is 186 g/mol. The molecular formula is C7H11N5O2. The van der Waals surface area contributed by atoms with Crippen molar-refractivity contribution in [2.75, 3.05) is 19.8 Å². The first-order chi connectivity index (χ1) is 6.50. The number of H-pyrrole nitrogens is 1. The Bertz CT molecular complexity index is 409. The van der Waals surface area contributed by atoms with Crippen molar-refractivity contribution < 1.29 is 5.11 Å². The van der Waals surface area contributed by atoms with Crippen LogP contribution in [0.2, 0.25) is 0 Å². The van der Waals surface area contributed by atoms with Crippen LogP contribution in [0.4, 0.5) is 11.6 Å². The second kappa shape index (κ2) is 3.77. The highest BCUT2D eigenvalue weighted by Crippen LogP contribution is 2.17. The SMILES string of the molecule is CN(C)C=Nc1c(O)nc(N)[nH]c1=O. The van der Waals surface area contributed by atoms with E-state index < -0.39 is 11.4 Å². The van der Waals surface area contributed by atoms with Gasteiger partial charge in [0.05, 0.1) is 6.34 Å². The quantitative estimate of drug-likeness (QED) is 0.428. The molecule has 0 saturated heterocycles. The number of anilines is 1. The van der Waals surface area contributed by atoms with Crippen LogP contribution in [0.25, 0.3) is 0 Å². The molecule has 0 spiro atoms. The molecule has 1 heterocycles. The predicted molar refractivity (Wildman–Crippen MR) is 52.8 cm³/mol. The highest BCUT2D eigenvalue weighted by atomic mass is 16.3. The van der Waals surface area contributed by atoms with Crippen LogP contribution in [0.1, 0.15) is 0 Å². The van der Waals surface area contributed by atoms with Gasteiger partial charge >= 0.3 is 0 Å². The van der Waals surface area contributed by atoms with Gasteiger partial charge in [-0.15, -0.1) is 0 Å². The topological polar surface area (TPSA) is 108 Å². The first kappa shape index (κ1) is 10.0. The third kappa shape index (κ3) is 2.22. The largest absolute Gasteiger partial charge is 0.492 e. The molecule has 0 atom stereocenters. The summed E-state index contributed by atoms with van der Waals surface area (Å²) in [5, 5.41) is 9.24. The second-order valence-electron chi connectivity index (χ2n) is 2.83. The van der Waals surface area contributed by atoms with Gasteiger partial charge in [0.25, 0.3) is 5.56 Å². The molecule has 4 N–H and O–H groups in total. The molecule has 0 amide bonds. The minimum atomic E-state index is -0.576. The molecule has 1 aromatic heterocycles. The molecule has 0 aliphatic carbocycles. The highest BCUT2D eigenvalue weighted by molar-refractivity contribution is 5.62. The number of rotatable bonds is 2. The summed E-state index contributed by atoms with van der Waals surface area (Å²) in [4.78, 5) is 22.2. The van der Waals surface area contributed by atoms with E-state index in [1.165, 1.54) is 6.34 Å². The average molecular weight is 197 g/mol. The zero-order valence-corrected chi connectivity index (χ0v) is 7.85. The molecule has 14 heavy (non-hydrogen) atoms. The Balaban J connectivity index is 3.16. The van der Waals surface area contributed by atoms with Crippen molar-refractivity contribution >= 4 is 18.0 Å². The Kier molecular flexibility index (Phi) is 2.70. The smallest absolute Gasteiger partial charge is 0.282 e. The van der Waals surface area contributed by atoms with Crippen LogP contribution in [0.5, 0.6) is 5.88 Å². The summed E-state index contributed by atoms with van der Waals surface area (Å²) in [5.74, 6) is -0.624. The number of nitrogens with one attached hydrogen (secondary N) is 1. The van der Waals surface area contributed by atoms with Crippen LogP contribution in [-0.4, -0.2) is 40.4 Å². The Labute approximate surface area is 79.9 Å². The van der Waals surface area contributed by atoms with Crippen molar-refractivity contribution in [1.82, 2.24) is 14.9 Å². The van der Waals surface area contributed by atoms with E-state index >= 15 is 0 Å². The van der Waals surface area contributed by atoms with Crippen LogP contribution in [0.3, 0.4) is 0 Å². The van der Waals surface area contributed by atoms with Gasteiger partial charge in [0, 0.05) is 14.1 Å². The number of aromatic hydroxyl groups is 1. The lowest BCUT2D eigenvalue weighted by Crippen LogP contribution is -2.12. The predicted octanol–water partition coefficient (Wildman–Crippen LogP) is -0.721. The van der Waals surface area contributed by atoms with Crippen LogP contribution in [0.15, 0.2) is 9.79 Å². The van der Waals surface area contributed by atoms with Crippen LogP contribution < -0.4 is 11.3 Å². The second-order valence-corrected chi connectivity index (χ2v) is 2.83. The number of aromatic nitrogens is 2. The average Bonchev–Trinajstić information content (AvgIpc) is 2.01. The van der Waals surface area contributed by atoms with Crippen LogP contribution >= 0.6 is 0 Å². The van der Waals surface area contributed by atoms with Crippen LogP contribution in [-0.2, 0) is 0 Å². The minimum absolute atomic E-state index is 0.142.